The first kappa shape index (κ1) is 18.2. The van der Waals surface area contributed by atoms with Gasteiger partial charge in [-0.3, -0.25) is 9.80 Å². The third-order valence-electron chi connectivity index (χ3n) is 5.03. The van der Waals surface area contributed by atoms with Crippen molar-refractivity contribution in [1.82, 2.24) is 20.0 Å². The van der Waals surface area contributed by atoms with Crippen LogP contribution in [-0.2, 0) is 11.2 Å². The van der Waals surface area contributed by atoms with Crippen molar-refractivity contribution in [3.8, 4) is 0 Å². The number of morpholine rings is 1. The van der Waals surface area contributed by atoms with E-state index in [0.29, 0.717) is 6.54 Å². The molecule has 0 atom stereocenters. The minimum atomic E-state index is 0.0729. The number of nitrogens with zero attached hydrogens (tertiary/aromatic N) is 3. The van der Waals surface area contributed by atoms with Gasteiger partial charge in [0.1, 0.15) is 0 Å². The minimum absolute atomic E-state index is 0.0729. The molecule has 2 aliphatic heterocycles. The predicted molar refractivity (Wildman–Crippen MR) is 98.8 cm³/mol. The molecule has 2 heterocycles. The van der Waals surface area contributed by atoms with E-state index in [0.717, 1.165) is 72.0 Å². The average molecular weight is 346 g/mol. The number of carbonyl (C=O) groups excluding carboxylic acids is 1. The number of hydrogen-bond acceptors (Lipinski definition) is 4. The van der Waals surface area contributed by atoms with Gasteiger partial charge in [0.25, 0.3) is 0 Å². The molecule has 2 aliphatic rings. The summed E-state index contributed by atoms with van der Waals surface area (Å²) in [6.07, 6.45) is 0.881. The molecule has 0 bridgehead atoms. The second-order valence-electron chi connectivity index (χ2n) is 6.75. The Morgan fingerprint density at radius 1 is 0.920 bits per heavy atom. The van der Waals surface area contributed by atoms with E-state index in [1.807, 2.05) is 23.1 Å². The molecule has 0 aromatic heterocycles. The maximum atomic E-state index is 12.3. The zero-order valence-electron chi connectivity index (χ0n) is 15.0. The van der Waals surface area contributed by atoms with Gasteiger partial charge in [-0.1, -0.05) is 30.3 Å². The van der Waals surface area contributed by atoms with Gasteiger partial charge in [-0.2, -0.15) is 0 Å². The van der Waals surface area contributed by atoms with Crippen molar-refractivity contribution in [2.24, 2.45) is 0 Å². The van der Waals surface area contributed by atoms with Crippen LogP contribution in [0, 0.1) is 0 Å². The Hall–Kier alpha value is -1.63. The lowest BCUT2D eigenvalue weighted by Gasteiger charge is -2.36. The van der Waals surface area contributed by atoms with Crippen molar-refractivity contribution >= 4 is 6.03 Å². The Labute approximate surface area is 150 Å². The number of amides is 2. The maximum absolute atomic E-state index is 12.3. The fourth-order valence-electron chi connectivity index (χ4n) is 3.35. The zero-order chi connectivity index (χ0) is 17.3. The first-order chi connectivity index (χ1) is 12.3. The summed E-state index contributed by atoms with van der Waals surface area (Å²) in [7, 11) is 0. The molecule has 6 nitrogen and oxygen atoms in total. The Morgan fingerprint density at radius 2 is 1.56 bits per heavy atom. The number of piperazine rings is 1. The fraction of sp³-hybridized carbons (Fsp3) is 0.632. The van der Waals surface area contributed by atoms with E-state index >= 15 is 0 Å². The third-order valence-corrected chi connectivity index (χ3v) is 5.03. The number of nitrogens with one attached hydrogen (secondary N) is 1. The SMILES string of the molecule is O=C(NCCc1ccccc1)N1CCN(CCN2CCOCC2)CC1. The van der Waals surface area contributed by atoms with Crippen LogP contribution in [0.15, 0.2) is 30.3 Å². The first-order valence-electron chi connectivity index (χ1n) is 9.40. The van der Waals surface area contributed by atoms with Gasteiger partial charge in [0.2, 0.25) is 0 Å². The molecule has 2 saturated heterocycles. The summed E-state index contributed by atoms with van der Waals surface area (Å²) in [5, 5.41) is 3.05. The number of hydrogen-bond donors (Lipinski definition) is 1. The van der Waals surface area contributed by atoms with Crippen molar-refractivity contribution in [3.63, 3.8) is 0 Å². The molecule has 1 aromatic carbocycles. The van der Waals surface area contributed by atoms with Crippen LogP contribution in [-0.4, -0.2) is 92.8 Å². The number of ether oxygens (including phenoxy) is 1. The Morgan fingerprint density at radius 3 is 2.24 bits per heavy atom. The van der Waals surface area contributed by atoms with Crippen LogP contribution in [0.2, 0.25) is 0 Å². The highest BCUT2D eigenvalue weighted by Gasteiger charge is 2.21. The van der Waals surface area contributed by atoms with Gasteiger partial charge >= 0.3 is 6.03 Å². The van der Waals surface area contributed by atoms with E-state index in [2.05, 4.69) is 27.2 Å². The monoisotopic (exact) mass is 346 g/mol. The Bertz CT molecular complexity index is 511. The zero-order valence-corrected chi connectivity index (χ0v) is 15.0. The number of benzene rings is 1. The second kappa shape index (κ2) is 9.75. The molecule has 2 fully saturated rings. The van der Waals surface area contributed by atoms with Crippen LogP contribution in [0.1, 0.15) is 5.56 Å². The molecule has 6 heteroatoms. The highest BCUT2D eigenvalue weighted by molar-refractivity contribution is 5.74. The highest BCUT2D eigenvalue weighted by Crippen LogP contribution is 2.04. The standard InChI is InChI=1S/C19H30N4O2/c24-19(20-7-6-18-4-2-1-3-5-18)23-12-10-21(11-13-23)8-9-22-14-16-25-17-15-22/h1-5H,6-17H2,(H,20,24). The van der Waals surface area contributed by atoms with E-state index in [1.54, 1.807) is 0 Å². The van der Waals surface area contributed by atoms with E-state index < -0.39 is 0 Å². The predicted octanol–water partition coefficient (Wildman–Crippen LogP) is 0.889. The fourth-order valence-corrected chi connectivity index (χ4v) is 3.35. The van der Waals surface area contributed by atoms with Gasteiger partial charge in [-0.05, 0) is 12.0 Å². The van der Waals surface area contributed by atoms with Crippen LogP contribution >= 0.6 is 0 Å². The molecule has 1 N–H and O–H groups in total. The van der Waals surface area contributed by atoms with E-state index in [4.69, 9.17) is 4.74 Å². The summed E-state index contributed by atoms with van der Waals surface area (Å²) in [6, 6.07) is 10.4. The van der Waals surface area contributed by atoms with Crippen LogP contribution in [0.5, 0.6) is 0 Å². The molecular weight excluding hydrogens is 316 g/mol. The molecule has 25 heavy (non-hydrogen) atoms. The van der Waals surface area contributed by atoms with Gasteiger partial charge in [-0.15, -0.1) is 0 Å². The highest BCUT2D eigenvalue weighted by atomic mass is 16.5. The van der Waals surface area contributed by atoms with E-state index in [-0.39, 0.29) is 6.03 Å². The van der Waals surface area contributed by atoms with Gasteiger partial charge in [0, 0.05) is 58.9 Å². The Balaban J connectivity index is 1.29. The summed E-state index contributed by atoms with van der Waals surface area (Å²) < 4.78 is 5.39. The topological polar surface area (TPSA) is 48.1 Å². The minimum Gasteiger partial charge on any atom is -0.379 e. The average Bonchev–Trinajstić information content (AvgIpc) is 2.68. The lowest BCUT2D eigenvalue weighted by atomic mass is 10.1. The molecule has 0 saturated carbocycles. The van der Waals surface area contributed by atoms with E-state index in [1.165, 1.54) is 5.56 Å². The van der Waals surface area contributed by atoms with Crippen molar-refractivity contribution < 1.29 is 9.53 Å². The van der Waals surface area contributed by atoms with Crippen LogP contribution in [0.25, 0.3) is 0 Å². The largest absolute Gasteiger partial charge is 0.379 e. The third kappa shape index (κ3) is 5.99. The van der Waals surface area contributed by atoms with Crippen LogP contribution in [0.4, 0.5) is 4.79 Å². The summed E-state index contributed by atoms with van der Waals surface area (Å²) in [4.78, 5) is 19.1. The van der Waals surface area contributed by atoms with Gasteiger partial charge in [0.05, 0.1) is 13.2 Å². The normalized spacial score (nSPS) is 19.8. The molecule has 0 spiro atoms. The van der Waals surface area contributed by atoms with Gasteiger partial charge < -0.3 is 15.0 Å². The maximum Gasteiger partial charge on any atom is 0.317 e. The van der Waals surface area contributed by atoms with Gasteiger partial charge in [-0.25, -0.2) is 4.79 Å². The molecule has 0 radical (unpaired) electrons. The molecule has 3 rings (SSSR count). The summed E-state index contributed by atoms with van der Waals surface area (Å²) in [5.41, 5.74) is 1.26. The Kier molecular flexibility index (Phi) is 7.09. The van der Waals surface area contributed by atoms with Crippen LogP contribution in [0.3, 0.4) is 0 Å². The lowest BCUT2D eigenvalue weighted by molar-refractivity contribution is 0.0309. The molecule has 1 aromatic rings. The molecule has 0 unspecified atom stereocenters. The van der Waals surface area contributed by atoms with Crippen molar-refractivity contribution in [2.75, 3.05) is 72.1 Å². The van der Waals surface area contributed by atoms with Gasteiger partial charge in [0.15, 0.2) is 0 Å². The lowest BCUT2D eigenvalue weighted by Crippen LogP contribution is -2.53. The smallest absolute Gasteiger partial charge is 0.317 e. The van der Waals surface area contributed by atoms with Crippen molar-refractivity contribution in [2.45, 2.75) is 6.42 Å². The van der Waals surface area contributed by atoms with Crippen LogP contribution < -0.4 is 5.32 Å². The molecule has 2 amide bonds. The number of urea groups is 1. The molecule has 0 aliphatic carbocycles. The van der Waals surface area contributed by atoms with Crippen molar-refractivity contribution in [3.05, 3.63) is 35.9 Å². The number of rotatable bonds is 6. The summed E-state index contributed by atoms with van der Waals surface area (Å²) >= 11 is 0. The molecular formula is C19H30N4O2. The quantitative estimate of drug-likeness (QED) is 0.831. The van der Waals surface area contributed by atoms with Crippen molar-refractivity contribution in [1.29, 1.82) is 0 Å². The van der Waals surface area contributed by atoms with E-state index in [9.17, 15) is 4.79 Å². The second-order valence-corrected chi connectivity index (χ2v) is 6.75. The summed E-state index contributed by atoms with van der Waals surface area (Å²) in [5.74, 6) is 0. The number of carbonyl (C=O) groups is 1. The first-order valence-corrected chi connectivity index (χ1v) is 9.40. The summed E-state index contributed by atoms with van der Waals surface area (Å²) in [6.45, 7) is 10.3. The molecule has 138 valence electrons.